The summed E-state index contributed by atoms with van der Waals surface area (Å²) < 4.78 is 13.6. The van der Waals surface area contributed by atoms with Crippen LogP contribution in [0.4, 0.5) is 4.39 Å². The lowest BCUT2D eigenvalue weighted by Crippen LogP contribution is -2.42. The van der Waals surface area contributed by atoms with Gasteiger partial charge in [-0.3, -0.25) is 19.3 Å². The monoisotopic (exact) mass is 320 g/mol. The van der Waals surface area contributed by atoms with E-state index in [0.29, 0.717) is 18.7 Å². The van der Waals surface area contributed by atoms with Crippen LogP contribution in [-0.4, -0.2) is 47.7 Å². The SMILES string of the molecule is CCN(CC)C(=O)CC1(c2cccc(F)c2)CC(=O)N(C)C1=O. The van der Waals surface area contributed by atoms with Crippen LogP contribution in [-0.2, 0) is 19.8 Å². The molecule has 2 rings (SSSR count). The zero-order chi connectivity index (χ0) is 17.2. The number of likely N-dealkylation sites (N-methyl/N-ethyl adjacent to an activating group) is 1. The first-order valence-electron chi connectivity index (χ1n) is 7.70. The van der Waals surface area contributed by atoms with Crippen LogP contribution >= 0.6 is 0 Å². The van der Waals surface area contributed by atoms with E-state index in [0.717, 1.165) is 4.90 Å². The summed E-state index contributed by atoms with van der Waals surface area (Å²) in [5.74, 6) is -1.51. The molecule has 1 aliphatic rings. The third-order valence-corrected chi connectivity index (χ3v) is 4.49. The van der Waals surface area contributed by atoms with Crippen molar-refractivity contribution in [2.45, 2.75) is 32.1 Å². The van der Waals surface area contributed by atoms with Gasteiger partial charge >= 0.3 is 0 Å². The molecule has 1 aliphatic heterocycles. The second-order valence-electron chi connectivity index (χ2n) is 5.77. The van der Waals surface area contributed by atoms with E-state index >= 15 is 0 Å². The Morgan fingerprint density at radius 2 is 1.96 bits per heavy atom. The molecule has 0 bridgehead atoms. The Bertz CT molecular complexity index is 642. The molecule has 1 aromatic carbocycles. The van der Waals surface area contributed by atoms with Crippen molar-refractivity contribution < 1.29 is 18.8 Å². The summed E-state index contributed by atoms with van der Waals surface area (Å²) in [6.07, 6.45) is -0.244. The first-order chi connectivity index (χ1) is 10.9. The van der Waals surface area contributed by atoms with Crippen LogP contribution in [0, 0.1) is 5.82 Å². The number of amides is 3. The van der Waals surface area contributed by atoms with Crippen molar-refractivity contribution >= 4 is 17.7 Å². The van der Waals surface area contributed by atoms with Crippen molar-refractivity contribution in [3.05, 3.63) is 35.6 Å². The van der Waals surface area contributed by atoms with Gasteiger partial charge in [-0.05, 0) is 31.5 Å². The zero-order valence-corrected chi connectivity index (χ0v) is 13.6. The number of carbonyl (C=O) groups excluding carboxylic acids is 3. The Kier molecular flexibility index (Phi) is 4.82. The molecule has 0 spiro atoms. The predicted octanol–water partition coefficient (Wildman–Crippen LogP) is 1.71. The van der Waals surface area contributed by atoms with Crippen molar-refractivity contribution in [2.75, 3.05) is 20.1 Å². The summed E-state index contributed by atoms with van der Waals surface area (Å²) in [5.41, 5.74) is -0.936. The summed E-state index contributed by atoms with van der Waals surface area (Å²) in [4.78, 5) is 39.9. The zero-order valence-electron chi connectivity index (χ0n) is 13.6. The fourth-order valence-electron chi connectivity index (χ4n) is 3.08. The van der Waals surface area contributed by atoms with Crippen molar-refractivity contribution in [1.82, 2.24) is 9.80 Å². The van der Waals surface area contributed by atoms with Gasteiger partial charge in [0.15, 0.2) is 0 Å². The molecule has 124 valence electrons. The molecule has 1 unspecified atom stereocenters. The van der Waals surface area contributed by atoms with Crippen LogP contribution in [0.25, 0.3) is 0 Å². The molecule has 0 saturated carbocycles. The number of likely N-dealkylation sites (tertiary alicyclic amines) is 1. The van der Waals surface area contributed by atoms with E-state index in [9.17, 15) is 18.8 Å². The lowest BCUT2D eigenvalue weighted by atomic mass is 9.75. The highest BCUT2D eigenvalue weighted by molar-refractivity contribution is 6.10. The van der Waals surface area contributed by atoms with E-state index in [1.54, 1.807) is 11.0 Å². The quantitative estimate of drug-likeness (QED) is 0.776. The maximum Gasteiger partial charge on any atom is 0.240 e. The van der Waals surface area contributed by atoms with Gasteiger partial charge in [0, 0.05) is 33.0 Å². The molecule has 3 amide bonds. The summed E-state index contributed by atoms with van der Waals surface area (Å²) in [5, 5.41) is 0. The average Bonchev–Trinajstić information content (AvgIpc) is 2.73. The standard InChI is InChI=1S/C17H21FN2O3/c1-4-20(5-2)15(22)11-17(10-14(21)19(3)16(17)23)12-7-6-8-13(18)9-12/h6-9H,4-5,10-11H2,1-3H3. The lowest BCUT2D eigenvalue weighted by molar-refractivity contribution is -0.141. The molecule has 1 heterocycles. The number of hydrogen-bond donors (Lipinski definition) is 0. The molecule has 1 fully saturated rings. The van der Waals surface area contributed by atoms with Gasteiger partial charge in [0.25, 0.3) is 0 Å². The molecule has 1 atom stereocenters. The number of nitrogens with zero attached hydrogens (tertiary/aromatic N) is 2. The predicted molar refractivity (Wildman–Crippen MR) is 83.0 cm³/mol. The van der Waals surface area contributed by atoms with Crippen LogP contribution in [0.2, 0.25) is 0 Å². The third kappa shape index (κ3) is 2.98. The minimum Gasteiger partial charge on any atom is -0.343 e. The molecule has 1 aromatic rings. The van der Waals surface area contributed by atoms with Crippen molar-refractivity contribution in [1.29, 1.82) is 0 Å². The Morgan fingerprint density at radius 1 is 1.30 bits per heavy atom. The van der Waals surface area contributed by atoms with E-state index in [4.69, 9.17) is 0 Å². The number of carbonyl (C=O) groups is 3. The van der Waals surface area contributed by atoms with Gasteiger partial charge in [-0.25, -0.2) is 4.39 Å². The molecule has 5 nitrogen and oxygen atoms in total. The molecule has 6 heteroatoms. The van der Waals surface area contributed by atoms with Crippen LogP contribution < -0.4 is 0 Å². The number of halogens is 1. The summed E-state index contributed by atoms with van der Waals surface area (Å²) >= 11 is 0. The summed E-state index contributed by atoms with van der Waals surface area (Å²) in [7, 11) is 1.40. The van der Waals surface area contributed by atoms with E-state index in [1.807, 2.05) is 13.8 Å². The average molecular weight is 320 g/mol. The molecule has 1 saturated heterocycles. The number of benzene rings is 1. The van der Waals surface area contributed by atoms with Gasteiger partial charge in [-0.15, -0.1) is 0 Å². The maximum atomic E-state index is 13.6. The van der Waals surface area contributed by atoms with E-state index in [2.05, 4.69) is 0 Å². The molecule has 0 N–H and O–H groups in total. The molecule has 0 aliphatic carbocycles. The maximum absolute atomic E-state index is 13.6. The van der Waals surface area contributed by atoms with Gasteiger partial charge in [-0.2, -0.15) is 0 Å². The molecule has 0 radical (unpaired) electrons. The van der Waals surface area contributed by atoms with Crippen molar-refractivity contribution in [3.63, 3.8) is 0 Å². The second kappa shape index (κ2) is 6.48. The largest absolute Gasteiger partial charge is 0.343 e. The first-order valence-corrected chi connectivity index (χ1v) is 7.70. The molecule has 0 aromatic heterocycles. The Labute approximate surface area is 135 Å². The smallest absolute Gasteiger partial charge is 0.240 e. The van der Waals surface area contributed by atoms with Crippen LogP contribution in [0.3, 0.4) is 0 Å². The normalized spacial score (nSPS) is 21.0. The van der Waals surface area contributed by atoms with Gasteiger partial charge in [0.1, 0.15) is 5.82 Å². The van der Waals surface area contributed by atoms with Gasteiger partial charge < -0.3 is 4.90 Å². The minimum atomic E-state index is -1.31. The van der Waals surface area contributed by atoms with Gasteiger partial charge in [0.05, 0.1) is 5.41 Å². The third-order valence-electron chi connectivity index (χ3n) is 4.49. The first kappa shape index (κ1) is 17.1. The van der Waals surface area contributed by atoms with Crippen LogP contribution in [0.5, 0.6) is 0 Å². The Morgan fingerprint density at radius 3 is 2.43 bits per heavy atom. The van der Waals surface area contributed by atoms with E-state index < -0.39 is 17.1 Å². The lowest BCUT2D eigenvalue weighted by Gasteiger charge is -2.29. The second-order valence-corrected chi connectivity index (χ2v) is 5.77. The molecular formula is C17H21FN2O3. The summed E-state index contributed by atoms with van der Waals surface area (Å²) in [6, 6.07) is 5.60. The van der Waals surface area contributed by atoms with Crippen molar-refractivity contribution in [3.8, 4) is 0 Å². The highest BCUT2D eigenvalue weighted by Crippen LogP contribution is 2.39. The molecule has 23 heavy (non-hydrogen) atoms. The Hall–Kier alpha value is -2.24. The van der Waals surface area contributed by atoms with Crippen LogP contribution in [0.1, 0.15) is 32.3 Å². The number of rotatable bonds is 5. The van der Waals surface area contributed by atoms with E-state index in [-0.39, 0.29) is 24.7 Å². The number of imide groups is 1. The molecular weight excluding hydrogens is 299 g/mol. The fourth-order valence-corrected chi connectivity index (χ4v) is 3.08. The van der Waals surface area contributed by atoms with Gasteiger partial charge in [0.2, 0.25) is 17.7 Å². The highest BCUT2D eigenvalue weighted by atomic mass is 19.1. The van der Waals surface area contributed by atoms with Crippen molar-refractivity contribution in [2.24, 2.45) is 0 Å². The van der Waals surface area contributed by atoms with Gasteiger partial charge in [-0.1, -0.05) is 12.1 Å². The van der Waals surface area contributed by atoms with E-state index in [1.165, 1.54) is 25.2 Å². The highest BCUT2D eigenvalue weighted by Gasteiger charge is 2.52. The topological polar surface area (TPSA) is 57.7 Å². The van der Waals surface area contributed by atoms with Crippen LogP contribution in [0.15, 0.2) is 24.3 Å². The Balaban J connectivity index is 2.47. The summed E-state index contributed by atoms with van der Waals surface area (Å²) in [6.45, 7) is 4.74. The minimum absolute atomic E-state index is 0.112. The fraction of sp³-hybridized carbons (Fsp3) is 0.471. The number of hydrogen-bond acceptors (Lipinski definition) is 3.